The SMILES string of the molecule is CCC(CC)N(CCO)c1ccc([N+](=O)[O-])cc1C=O. The number of rotatable bonds is 8. The van der Waals surface area contributed by atoms with Gasteiger partial charge in [0.2, 0.25) is 0 Å². The van der Waals surface area contributed by atoms with Crippen LogP contribution in [0.25, 0.3) is 0 Å². The van der Waals surface area contributed by atoms with E-state index in [1.54, 1.807) is 6.07 Å². The fraction of sp³-hybridized carbons (Fsp3) is 0.500. The molecular formula is C14H20N2O4. The van der Waals surface area contributed by atoms with E-state index in [2.05, 4.69) is 0 Å². The van der Waals surface area contributed by atoms with E-state index in [9.17, 15) is 20.0 Å². The Hall–Kier alpha value is -1.95. The van der Waals surface area contributed by atoms with Gasteiger partial charge in [-0.3, -0.25) is 14.9 Å². The van der Waals surface area contributed by atoms with Gasteiger partial charge in [-0.15, -0.1) is 0 Å². The van der Waals surface area contributed by atoms with Crippen molar-refractivity contribution in [1.29, 1.82) is 0 Å². The minimum Gasteiger partial charge on any atom is -0.395 e. The molecule has 0 spiro atoms. The molecule has 0 aliphatic carbocycles. The number of hydrogen-bond acceptors (Lipinski definition) is 5. The van der Waals surface area contributed by atoms with Crippen molar-refractivity contribution in [2.75, 3.05) is 18.1 Å². The van der Waals surface area contributed by atoms with E-state index in [-0.39, 0.29) is 23.9 Å². The monoisotopic (exact) mass is 280 g/mol. The number of carbonyl (C=O) groups excluding carboxylic acids is 1. The molecule has 0 bridgehead atoms. The van der Waals surface area contributed by atoms with Crippen LogP contribution in [0.5, 0.6) is 0 Å². The van der Waals surface area contributed by atoms with Crippen LogP contribution in [0.3, 0.4) is 0 Å². The number of aldehydes is 1. The third-order valence-corrected chi connectivity index (χ3v) is 3.38. The zero-order chi connectivity index (χ0) is 15.1. The molecule has 1 rings (SSSR count). The number of nitro groups is 1. The van der Waals surface area contributed by atoms with Crippen molar-refractivity contribution in [3.8, 4) is 0 Å². The molecule has 0 atom stereocenters. The Balaban J connectivity index is 3.25. The first kappa shape index (κ1) is 16.1. The highest BCUT2D eigenvalue weighted by Gasteiger charge is 2.20. The number of nitrogens with zero attached hydrogens (tertiary/aromatic N) is 2. The van der Waals surface area contributed by atoms with Gasteiger partial charge < -0.3 is 10.0 Å². The van der Waals surface area contributed by atoms with Gasteiger partial charge in [0.15, 0.2) is 6.29 Å². The maximum Gasteiger partial charge on any atom is 0.270 e. The molecule has 0 saturated carbocycles. The summed E-state index contributed by atoms with van der Waals surface area (Å²) < 4.78 is 0. The lowest BCUT2D eigenvalue weighted by Gasteiger charge is -2.33. The van der Waals surface area contributed by atoms with Gasteiger partial charge in [-0.25, -0.2) is 0 Å². The maximum atomic E-state index is 11.2. The number of benzene rings is 1. The van der Waals surface area contributed by atoms with E-state index < -0.39 is 4.92 Å². The Labute approximate surface area is 118 Å². The van der Waals surface area contributed by atoms with Crippen molar-refractivity contribution in [2.45, 2.75) is 32.7 Å². The van der Waals surface area contributed by atoms with Crippen LogP contribution >= 0.6 is 0 Å². The fourth-order valence-corrected chi connectivity index (χ4v) is 2.35. The molecule has 1 N–H and O–H groups in total. The lowest BCUT2D eigenvalue weighted by Crippen LogP contribution is -2.37. The number of hydrogen-bond donors (Lipinski definition) is 1. The van der Waals surface area contributed by atoms with E-state index in [4.69, 9.17) is 0 Å². The number of nitro benzene ring substituents is 1. The smallest absolute Gasteiger partial charge is 0.270 e. The van der Waals surface area contributed by atoms with Crippen LogP contribution in [0.1, 0.15) is 37.0 Å². The Kier molecular flexibility index (Phi) is 6.11. The second-order valence-electron chi connectivity index (χ2n) is 4.51. The highest BCUT2D eigenvalue weighted by Crippen LogP contribution is 2.27. The average molecular weight is 280 g/mol. The average Bonchev–Trinajstić information content (AvgIpc) is 2.46. The van der Waals surface area contributed by atoms with Crippen molar-refractivity contribution < 1.29 is 14.8 Å². The standard InChI is InChI=1S/C14H20N2O4/c1-3-12(4-2)15(7-8-17)14-6-5-13(16(19)20)9-11(14)10-18/h5-6,9-10,12,17H,3-4,7-8H2,1-2H3. The molecule has 0 heterocycles. The lowest BCUT2D eigenvalue weighted by atomic mass is 10.1. The predicted octanol–water partition coefficient (Wildman–Crippen LogP) is 2.39. The van der Waals surface area contributed by atoms with Gasteiger partial charge in [-0.05, 0) is 18.9 Å². The van der Waals surface area contributed by atoms with E-state index in [1.807, 2.05) is 18.7 Å². The molecule has 6 heteroatoms. The normalized spacial score (nSPS) is 10.6. The zero-order valence-corrected chi connectivity index (χ0v) is 11.8. The van der Waals surface area contributed by atoms with Gasteiger partial charge >= 0.3 is 0 Å². The van der Waals surface area contributed by atoms with Crippen molar-refractivity contribution >= 4 is 17.7 Å². The van der Waals surface area contributed by atoms with E-state index in [1.165, 1.54) is 12.1 Å². The number of non-ortho nitro benzene ring substituents is 1. The summed E-state index contributed by atoms with van der Waals surface area (Å²) in [7, 11) is 0. The molecule has 1 aromatic carbocycles. The van der Waals surface area contributed by atoms with Gasteiger partial charge in [-0.2, -0.15) is 0 Å². The summed E-state index contributed by atoms with van der Waals surface area (Å²) in [6.45, 7) is 4.42. The summed E-state index contributed by atoms with van der Waals surface area (Å²) in [5.74, 6) is 0. The fourth-order valence-electron chi connectivity index (χ4n) is 2.35. The van der Waals surface area contributed by atoms with Crippen LogP contribution in [0.2, 0.25) is 0 Å². The number of aliphatic hydroxyl groups is 1. The third kappa shape index (κ3) is 3.54. The zero-order valence-electron chi connectivity index (χ0n) is 11.8. The van der Waals surface area contributed by atoms with E-state index in [0.29, 0.717) is 18.5 Å². The summed E-state index contributed by atoms with van der Waals surface area (Å²) >= 11 is 0. The first-order valence-corrected chi connectivity index (χ1v) is 6.70. The molecule has 0 aliphatic heterocycles. The second kappa shape index (κ2) is 7.59. The molecule has 0 amide bonds. The number of aliphatic hydroxyl groups excluding tert-OH is 1. The molecule has 0 unspecified atom stereocenters. The Morgan fingerprint density at radius 1 is 1.40 bits per heavy atom. The topological polar surface area (TPSA) is 83.7 Å². The largest absolute Gasteiger partial charge is 0.395 e. The van der Waals surface area contributed by atoms with Crippen LogP contribution in [0, 0.1) is 10.1 Å². The maximum absolute atomic E-state index is 11.2. The lowest BCUT2D eigenvalue weighted by molar-refractivity contribution is -0.384. The summed E-state index contributed by atoms with van der Waals surface area (Å²) in [5, 5.41) is 20.0. The van der Waals surface area contributed by atoms with Gasteiger partial charge in [-0.1, -0.05) is 13.8 Å². The van der Waals surface area contributed by atoms with Crippen LogP contribution in [-0.4, -0.2) is 35.5 Å². The molecule has 0 radical (unpaired) electrons. The molecule has 0 fully saturated rings. The Bertz CT molecular complexity index is 472. The molecule has 0 saturated heterocycles. The minimum absolute atomic E-state index is 0.0359. The summed E-state index contributed by atoms with van der Waals surface area (Å²) in [4.78, 5) is 23.4. The summed E-state index contributed by atoms with van der Waals surface area (Å²) in [5.41, 5.74) is 0.803. The number of anilines is 1. The quantitative estimate of drug-likeness (QED) is 0.449. The first-order valence-electron chi connectivity index (χ1n) is 6.70. The molecule has 6 nitrogen and oxygen atoms in total. The van der Waals surface area contributed by atoms with Crippen LogP contribution in [0.15, 0.2) is 18.2 Å². The molecule has 110 valence electrons. The summed E-state index contributed by atoms with van der Waals surface area (Å²) in [6, 6.07) is 4.42. The minimum atomic E-state index is -0.524. The van der Waals surface area contributed by atoms with Gasteiger partial charge in [0.05, 0.1) is 11.5 Å². The van der Waals surface area contributed by atoms with Crippen molar-refractivity contribution in [3.05, 3.63) is 33.9 Å². The van der Waals surface area contributed by atoms with Crippen LogP contribution in [-0.2, 0) is 0 Å². The van der Waals surface area contributed by atoms with E-state index in [0.717, 1.165) is 12.8 Å². The van der Waals surface area contributed by atoms with Crippen LogP contribution in [0.4, 0.5) is 11.4 Å². The molecule has 0 aliphatic rings. The van der Waals surface area contributed by atoms with Crippen molar-refractivity contribution in [2.24, 2.45) is 0 Å². The van der Waals surface area contributed by atoms with Crippen LogP contribution < -0.4 is 4.90 Å². The molecule has 0 aromatic heterocycles. The highest BCUT2D eigenvalue weighted by atomic mass is 16.6. The summed E-state index contributed by atoms with van der Waals surface area (Å²) in [6.07, 6.45) is 2.35. The van der Waals surface area contributed by atoms with Crippen molar-refractivity contribution in [1.82, 2.24) is 0 Å². The van der Waals surface area contributed by atoms with E-state index >= 15 is 0 Å². The molecule has 1 aromatic rings. The molecular weight excluding hydrogens is 260 g/mol. The van der Waals surface area contributed by atoms with Gasteiger partial charge in [0.25, 0.3) is 5.69 Å². The number of carbonyl (C=O) groups is 1. The van der Waals surface area contributed by atoms with Gasteiger partial charge in [0.1, 0.15) is 0 Å². The van der Waals surface area contributed by atoms with Crippen molar-refractivity contribution in [3.63, 3.8) is 0 Å². The highest BCUT2D eigenvalue weighted by molar-refractivity contribution is 5.86. The second-order valence-corrected chi connectivity index (χ2v) is 4.51. The predicted molar refractivity (Wildman–Crippen MR) is 77.3 cm³/mol. The molecule has 20 heavy (non-hydrogen) atoms. The Morgan fingerprint density at radius 3 is 2.50 bits per heavy atom. The third-order valence-electron chi connectivity index (χ3n) is 3.38. The Morgan fingerprint density at radius 2 is 2.05 bits per heavy atom. The first-order chi connectivity index (χ1) is 9.58. The van der Waals surface area contributed by atoms with Gasteiger partial charge in [0, 0.05) is 36.0 Å².